The maximum Gasteiger partial charge on any atom is 0.191 e. The summed E-state index contributed by atoms with van der Waals surface area (Å²) in [5, 5.41) is 6.62. The van der Waals surface area contributed by atoms with Crippen LogP contribution in [-0.4, -0.2) is 49.6 Å². The van der Waals surface area contributed by atoms with E-state index < -0.39 is 0 Å². The van der Waals surface area contributed by atoms with Crippen molar-refractivity contribution in [2.45, 2.75) is 26.3 Å². The van der Waals surface area contributed by atoms with Gasteiger partial charge in [0.05, 0.1) is 0 Å². The van der Waals surface area contributed by atoms with Crippen molar-refractivity contribution in [3.8, 4) is 0 Å². The summed E-state index contributed by atoms with van der Waals surface area (Å²) in [6, 6.07) is 4.29. The van der Waals surface area contributed by atoms with Gasteiger partial charge in [-0.2, -0.15) is 11.8 Å². The van der Waals surface area contributed by atoms with Crippen molar-refractivity contribution >= 4 is 23.5 Å². The molecule has 5 nitrogen and oxygen atoms in total. The van der Waals surface area contributed by atoms with Gasteiger partial charge in [-0.05, 0) is 36.6 Å². The first kappa shape index (κ1) is 17.9. The predicted octanol–water partition coefficient (Wildman–Crippen LogP) is 2.35. The molecule has 1 aliphatic rings. The van der Waals surface area contributed by atoms with Crippen LogP contribution in [0.1, 0.15) is 25.3 Å². The van der Waals surface area contributed by atoms with E-state index in [4.69, 9.17) is 0 Å². The molecule has 0 bridgehead atoms. The third-order valence-electron chi connectivity index (χ3n) is 4.20. The number of rotatable bonds is 6. The van der Waals surface area contributed by atoms with E-state index >= 15 is 0 Å². The Hall–Kier alpha value is -1.43. The summed E-state index contributed by atoms with van der Waals surface area (Å²) in [7, 11) is 1.80. The topological polar surface area (TPSA) is 52.6 Å². The molecule has 0 aromatic carbocycles. The third kappa shape index (κ3) is 5.94. The molecule has 1 aromatic heterocycles. The Morgan fingerprint density at radius 1 is 1.35 bits per heavy atom. The summed E-state index contributed by atoms with van der Waals surface area (Å²) in [6.07, 6.45) is 6.61. The van der Waals surface area contributed by atoms with E-state index in [1.807, 2.05) is 18.0 Å². The fourth-order valence-electron chi connectivity index (χ4n) is 2.62. The van der Waals surface area contributed by atoms with Crippen LogP contribution in [0.4, 0.5) is 5.82 Å². The number of pyridine rings is 1. The number of guanidine groups is 1. The lowest BCUT2D eigenvalue weighted by molar-refractivity contribution is 0.436. The van der Waals surface area contributed by atoms with Crippen LogP contribution in [0.5, 0.6) is 0 Å². The maximum absolute atomic E-state index is 4.63. The largest absolute Gasteiger partial charge is 0.357 e. The van der Waals surface area contributed by atoms with Gasteiger partial charge in [-0.25, -0.2) is 4.98 Å². The molecule has 0 spiro atoms. The summed E-state index contributed by atoms with van der Waals surface area (Å²) >= 11 is 1.82. The van der Waals surface area contributed by atoms with Crippen molar-refractivity contribution in [1.82, 2.24) is 15.6 Å². The lowest BCUT2D eigenvalue weighted by Gasteiger charge is -2.31. The Bertz CT molecular complexity index is 480. The summed E-state index contributed by atoms with van der Waals surface area (Å²) in [5.74, 6) is 3.86. The van der Waals surface area contributed by atoms with E-state index in [1.165, 1.54) is 18.4 Å². The SMILES string of the molecule is CN=C(NCCSC)NCc1ccc(N2CCC(C)CC2)nc1. The average Bonchev–Trinajstić information content (AvgIpc) is 2.59. The first-order valence-corrected chi connectivity index (χ1v) is 9.75. The van der Waals surface area contributed by atoms with Gasteiger partial charge in [-0.15, -0.1) is 0 Å². The van der Waals surface area contributed by atoms with E-state index in [2.05, 4.69) is 50.8 Å². The molecule has 0 amide bonds. The second kappa shape index (κ2) is 9.65. The Kier molecular flexibility index (Phi) is 7.52. The lowest BCUT2D eigenvalue weighted by Crippen LogP contribution is -2.38. The maximum atomic E-state index is 4.63. The van der Waals surface area contributed by atoms with E-state index in [-0.39, 0.29) is 0 Å². The van der Waals surface area contributed by atoms with Crippen molar-refractivity contribution in [3.63, 3.8) is 0 Å². The van der Waals surface area contributed by atoms with Gasteiger partial charge in [0, 0.05) is 45.2 Å². The lowest BCUT2D eigenvalue weighted by atomic mass is 9.99. The minimum Gasteiger partial charge on any atom is -0.357 e. The standard InChI is InChI=1S/C17H29N5S/c1-14-6-9-22(10-7-14)16-5-4-15(12-20-16)13-21-17(18-2)19-8-11-23-3/h4-5,12,14H,6-11,13H2,1-3H3,(H2,18,19,21). The molecule has 0 atom stereocenters. The third-order valence-corrected chi connectivity index (χ3v) is 4.81. The van der Waals surface area contributed by atoms with Gasteiger partial charge in [-0.3, -0.25) is 4.99 Å². The second-order valence-corrected chi connectivity index (χ2v) is 7.03. The fraction of sp³-hybridized carbons (Fsp3) is 0.647. The van der Waals surface area contributed by atoms with Crippen LogP contribution in [-0.2, 0) is 6.54 Å². The highest BCUT2D eigenvalue weighted by Crippen LogP contribution is 2.21. The molecular formula is C17H29N5S. The van der Waals surface area contributed by atoms with E-state index in [9.17, 15) is 0 Å². The average molecular weight is 336 g/mol. The van der Waals surface area contributed by atoms with Crippen molar-refractivity contribution < 1.29 is 0 Å². The number of anilines is 1. The van der Waals surface area contributed by atoms with Gasteiger partial charge < -0.3 is 15.5 Å². The molecule has 0 saturated carbocycles. The number of piperidine rings is 1. The number of nitrogens with zero attached hydrogens (tertiary/aromatic N) is 3. The number of hydrogen-bond donors (Lipinski definition) is 2. The van der Waals surface area contributed by atoms with E-state index in [1.54, 1.807) is 7.05 Å². The first-order chi connectivity index (χ1) is 11.2. The number of nitrogens with one attached hydrogen (secondary N) is 2. The van der Waals surface area contributed by atoms with Crippen molar-refractivity contribution in [2.24, 2.45) is 10.9 Å². The first-order valence-electron chi connectivity index (χ1n) is 8.36. The number of aliphatic imine (C=N–C) groups is 1. The fourth-order valence-corrected chi connectivity index (χ4v) is 2.93. The van der Waals surface area contributed by atoms with Crippen LogP contribution in [0.15, 0.2) is 23.3 Å². The molecule has 2 heterocycles. The van der Waals surface area contributed by atoms with E-state index in [0.717, 1.165) is 49.6 Å². The summed E-state index contributed by atoms with van der Waals surface area (Å²) in [4.78, 5) is 11.2. The van der Waals surface area contributed by atoms with Crippen LogP contribution in [0.25, 0.3) is 0 Å². The Morgan fingerprint density at radius 3 is 2.74 bits per heavy atom. The van der Waals surface area contributed by atoms with E-state index in [0.29, 0.717) is 0 Å². The Morgan fingerprint density at radius 2 is 2.13 bits per heavy atom. The molecule has 1 aliphatic heterocycles. The molecule has 0 radical (unpaired) electrons. The van der Waals surface area contributed by atoms with Gasteiger partial charge >= 0.3 is 0 Å². The molecule has 1 fully saturated rings. The Labute approximate surface area is 144 Å². The van der Waals surface area contributed by atoms with Crippen LogP contribution < -0.4 is 15.5 Å². The van der Waals surface area contributed by atoms with Crippen molar-refractivity contribution in [2.75, 3.05) is 43.6 Å². The van der Waals surface area contributed by atoms with Gasteiger partial charge in [0.15, 0.2) is 5.96 Å². The Balaban J connectivity index is 1.80. The van der Waals surface area contributed by atoms with Crippen molar-refractivity contribution in [3.05, 3.63) is 23.9 Å². The van der Waals surface area contributed by atoms with Gasteiger partial charge in [-0.1, -0.05) is 13.0 Å². The molecule has 23 heavy (non-hydrogen) atoms. The van der Waals surface area contributed by atoms with Gasteiger partial charge in [0.1, 0.15) is 5.82 Å². The van der Waals surface area contributed by atoms with Crippen LogP contribution in [0.3, 0.4) is 0 Å². The molecule has 1 aromatic rings. The molecule has 1 saturated heterocycles. The number of aromatic nitrogens is 1. The van der Waals surface area contributed by atoms with Gasteiger partial charge in [0.2, 0.25) is 0 Å². The van der Waals surface area contributed by atoms with Crippen LogP contribution in [0.2, 0.25) is 0 Å². The molecule has 0 unspecified atom stereocenters. The van der Waals surface area contributed by atoms with Crippen LogP contribution >= 0.6 is 11.8 Å². The summed E-state index contributed by atoms with van der Waals surface area (Å²) in [6.45, 7) is 6.24. The van der Waals surface area contributed by atoms with Crippen molar-refractivity contribution in [1.29, 1.82) is 0 Å². The monoisotopic (exact) mass is 335 g/mol. The summed E-state index contributed by atoms with van der Waals surface area (Å²) < 4.78 is 0. The molecule has 128 valence electrons. The van der Waals surface area contributed by atoms with Gasteiger partial charge in [0.25, 0.3) is 0 Å². The predicted molar refractivity (Wildman–Crippen MR) is 101 cm³/mol. The highest BCUT2D eigenvalue weighted by atomic mass is 32.2. The quantitative estimate of drug-likeness (QED) is 0.475. The number of thioether (sulfide) groups is 1. The molecule has 2 N–H and O–H groups in total. The molecule has 2 rings (SSSR count). The zero-order chi connectivity index (χ0) is 16.5. The minimum absolute atomic E-state index is 0.739. The molecule has 0 aliphatic carbocycles. The molecular weight excluding hydrogens is 306 g/mol. The minimum atomic E-state index is 0.739. The van der Waals surface area contributed by atoms with Crippen LogP contribution in [0, 0.1) is 5.92 Å². The highest BCUT2D eigenvalue weighted by Gasteiger charge is 2.16. The smallest absolute Gasteiger partial charge is 0.191 e. The zero-order valence-electron chi connectivity index (χ0n) is 14.5. The normalized spacial score (nSPS) is 16.5. The highest BCUT2D eigenvalue weighted by molar-refractivity contribution is 7.98. The molecule has 6 heteroatoms. The second-order valence-electron chi connectivity index (χ2n) is 6.04. The number of hydrogen-bond acceptors (Lipinski definition) is 4. The summed E-state index contributed by atoms with van der Waals surface area (Å²) in [5.41, 5.74) is 1.17. The zero-order valence-corrected chi connectivity index (χ0v) is 15.3.